The molecule has 1 saturated heterocycles. The van der Waals surface area contributed by atoms with E-state index in [-0.39, 0.29) is 0 Å². The number of hydrogen-bond donors (Lipinski definition) is 1. The van der Waals surface area contributed by atoms with Crippen molar-refractivity contribution in [3.8, 4) is 0 Å². The van der Waals surface area contributed by atoms with Gasteiger partial charge in [-0.3, -0.25) is 0 Å². The van der Waals surface area contributed by atoms with E-state index in [0.717, 1.165) is 12.6 Å². The van der Waals surface area contributed by atoms with E-state index in [9.17, 15) is 0 Å². The van der Waals surface area contributed by atoms with E-state index in [1.807, 2.05) is 0 Å². The fraction of sp³-hybridized carbons (Fsp3) is 0.571. The summed E-state index contributed by atoms with van der Waals surface area (Å²) >= 11 is 0. The molecule has 0 bridgehead atoms. The van der Waals surface area contributed by atoms with E-state index in [1.165, 1.54) is 36.1 Å². The molecule has 1 aliphatic rings. The molecule has 1 fully saturated rings. The van der Waals surface area contributed by atoms with Gasteiger partial charge in [-0.25, -0.2) is 0 Å². The summed E-state index contributed by atoms with van der Waals surface area (Å²) in [6.45, 7) is 6.01. The Morgan fingerprint density at radius 1 is 1.31 bits per heavy atom. The standard InChI is InChI=1S/C14H23N2/c1-3-16(2)11-7-10-14(16)12-15-13-8-5-4-6-9-13/h4-6,8-9,14-15H,3,7,10-12H2,1-2H3/q+1/t14-,16-/m1/s1. The van der Waals surface area contributed by atoms with Crippen molar-refractivity contribution in [2.24, 2.45) is 0 Å². The Hall–Kier alpha value is -1.02. The molecule has 1 N–H and O–H groups in total. The minimum absolute atomic E-state index is 0.783. The van der Waals surface area contributed by atoms with Gasteiger partial charge in [-0.15, -0.1) is 0 Å². The molecule has 0 aliphatic carbocycles. The lowest BCUT2D eigenvalue weighted by atomic mass is 10.2. The molecule has 0 aromatic heterocycles. The van der Waals surface area contributed by atoms with Crippen LogP contribution in [0.5, 0.6) is 0 Å². The van der Waals surface area contributed by atoms with Crippen LogP contribution in [-0.2, 0) is 0 Å². The van der Waals surface area contributed by atoms with Gasteiger partial charge in [-0.2, -0.15) is 0 Å². The van der Waals surface area contributed by atoms with Crippen molar-refractivity contribution < 1.29 is 4.48 Å². The maximum Gasteiger partial charge on any atom is 0.106 e. The van der Waals surface area contributed by atoms with E-state index in [4.69, 9.17) is 0 Å². The lowest BCUT2D eigenvalue weighted by Gasteiger charge is -2.35. The second-order valence-corrected chi connectivity index (χ2v) is 5.06. The second kappa shape index (κ2) is 4.88. The summed E-state index contributed by atoms with van der Waals surface area (Å²) in [4.78, 5) is 0. The van der Waals surface area contributed by atoms with E-state index >= 15 is 0 Å². The molecule has 16 heavy (non-hydrogen) atoms. The highest BCUT2D eigenvalue weighted by atomic mass is 15.4. The van der Waals surface area contributed by atoms with Gasteiger partial charge in [0.15, 0.2) is 0 Å². The predicted octanol–water partition coefficient (Wildman–Crippen LogP) is 2.73. The Kier molecular flexibility index (Phi) is 3.49. The van der Waals surface area contributed by atoms with E-state index in [2.05, 4.69) is 49.6 Å². The number of para-hydroxylation sites is 1. The fourth-order valence-corrected chi connectivity index (χ4v) is 2.71. The zero-order valence-corrected chi connectivity index (χ0v) is 10.4. The monoisotopic (exact) mass is 219 g/mol. The molecular formula is C14H23N2+. The van der Waals surface area contributed by atoms with Crippen molar-refractivity contribution in [2.75, 3.05) is 32.0 Å². The van der Waals surface area contributed by atoms with Crippen LogP contribution in [0.1, 0.15) is 19.8 Å². The third kappa shape index (κ3) is 2.38. The molecular weight excluding hydrogens is 196 g/mol. The van der Waals surface area contributed by atoms with Crippen LogP contribution in [0.15, 0.2) is 30.3 Å². The van der Waals surface area contributed by atoms with Crippen LogP contribution in [0.3, 0.4) is 0 Å². The molecule has 2 nitrogen and oxygen atoms in total. The zero-order chi connectivity index (χ0) is 11.4. The molecule has 1 aromatic rings. The highest BCUT2D eigenvalue weighted by Gasteiger charge is 2.35. The van der Waals surface area contributed by atoms with Gasteiger partial charge < -0.3 is 9.80 Å². The van der Waals surface area contributed by atoms with Crippen molar-refractivity contribution in [1.29, 1.82) is 0 Å². The van der Waals surface area contributed by atoms with Crippen LogP contribution in [-0.4, -0.2) is 37.2 Å². The number of nitrogens with zero attached hydrogens (tertiary/aromatic N) is 1. The first-order valence-corrected chi connectivity index (χ1v) is 6.38. The van der Waals surface area contributed by atoms with Crippen LogP contribution in [0, 0.1) is 0 Å². The Bertz CT molecular complexity index is 323. The van der Waals surface area contributed by atoms with Gasteiger partial charge in [0.1, 0.15) is 6.04 Å². The highest BCUT2D eigenvalue weighted by Crippen LogP contribution is 2.24. The molecule has 2 atom stereocenters. The highest BCUT2D eigenvalue weighted by molar-refractivity contribution is 5.42. The third-order valence-electron chi connectivity index (χ3n) is 4.13. The summed E-state index contributed by atoms with van der Waals surface area (Å²) < 4.78 is 1.24. The lowest BCUT2D eigenvalue weighted by molar-refractivity contribution is -0.917. The lowest BCUT2D eigenvalue weighted by Crippen LogP contribution is -2.50. The normalized spacial score (nSPS) is 29.2. The summed E-state index contributed by atoms with van der Waals surface area (Å²) in [7, 11) is 2.39. The fourth-order valence-electron chi connectivity index (χ4n) is 2.71. The number of benzene rings is 1. The quantitative estimate of drug-likeness (QED) is 0.768. The number of anilines is 1. The molecule has 0 spiro atoms. The first-order chi connectivity index (χ1) is 7.74. The number of hydrogen-bond acceptors (Lipinski definition) is 1. The minimum Gasteiger partial charge on any atom is -0.379 e. The molecule has 2 heteroatoms. The van der Waals surface area contributed by atoms with Gasteiger partial charge in [0.2, 0.25) is 0 Å². The van der Waals surface area contributed by atoms with Crippen molar-refractivity contribution in [3.05, 3.63) is 30.3 Å². The van der Waals surface area contributed by atoms with Gasteiger partial charge in [-0.05, 0) is 19.1 Å². The van der Waals surface area contributed by atoms with Crippen molar-refractivity contribution >= 4 is 5.69 Å². The molecule has 1 heterocycles. The third-order valence-corrected chi connectivity index (χ3v) is 4.13. The summed E-state index contributed by atoms with van der Waals surface area (Å²) in [5.41, 5.74) is 1.25. The first-order valence-electron chi connectivity index (χ1n) is 6.38. The van der Waals surface area contributed by atoms with Gasteiger partial charge in [-0.1, -0.05) is 18.2 Å². The summed E-state index contributed by atoms with van der Waals surface area (Å²) in [5, 5.41) is 3.56. The van der Waals surface area contributed by atoms with Crippen LogP contribution in [0.25, 0.3) is 0 Å². The molecule has 1 aliphatic heterocycles. The topological polar surface area (TPSA) is 12.0 Å². The van der Waals surface area contributed by atoms with Crippen LogP contribution in [0.2, 0.25) is 0 Å². The minimum atomic E-state index is 0.783. The number of likely N-dealkylation sites (N-methyl/N-ethyl adjacent to an activating group) is 1. The largest absolute Gasteiger partial charge is 0.379 e. The summed E-state index contributed by atoms with van der Waals surface area (Å²) in [6, 6.07) is 11.3. The van der Waals surface area contributed by atoms with Gasteiger partial charge in [0.25, 0.3) is 0 Å². The molecule has 0 radical (unpaired) electrons. The van der Waals surface area contributed by atoms with Crippen LogP contribution >= 0.6 is 0 Å². The molecule has 0 amide bonds. The number of rotatable bonds is 4. The van der Waals surface area contributed by atoms with Crippen LogP contribution < -0.4 is 5.32 Å². The zero-order valence-electron chi connectivity index (χ0n) is 10.4. The molecule has 0 saturated carbocycles. The maximum atomic E-state index is 3.56. The van der Waals surface area contributed by atoms with Gasteiger partial charge in [0.05, 0.1) is 26.7 Å². The van der Waals surface area contributed by atoms with Crippen LogP contribution in [0.4, 0.5) is 5.69 Å². The van der Waals surface area contributed by atoms with Gasteiger partial charge in [0, 0.05) is 18.5 Å². The maximum absolute atomic E-state index is 3.56. The Morgan fingerprint density at radius 3 is 2.75 bits per heavy atom. The smallest absolute Gasteiger partial charge is 0.106 e. The number of likely N-dealkylation sites (tertiary alicyclic amines) is 1. The molecule has 0 unspecified atom stereocenters. The summed E-state index contributed by atoms with van der Waals surface area (Å²) in [6.07, 6.45) is 2.75. The Balaban J connectivity index is 1.91. The number of nitrogens with one attached hydrogen (secondary N) is 1. The first kappa shape index (κ1) is 11.5. The average molecular weight is 219 g/mol. The van der Waals surface area contributed by atoms with E-state index < -0.39 is 0 Å². The van der Waals surface area contributed by atoms with Crippen molar-refractivity contribution in [1.82, 2.24) is 0 Å². The van der Waals surface area contributed by atoms with E-state index in [1.54, 1.807) is 0 Å². The predicted molar refractivity (Wildman–Crippen MR) is 69.5 cm³/mol. The SMILES string of the molecule is CC[N@+]1(C)CCC[C@@H]1CNc1ccccc1. The number of quaternary nitrogens is 1. The Morgan fingerprint density at radius 2 is 2.06 bits per heavy atom. The average Bonchev–Trinajstić information content (AvgIpc) is 2.70. The molecule has 1 aromatic carbocycles. The second-order valence-electron chi connectivity index (χ2n) is 5.06. The van der Waals surface area contributed by atoms with E-state index in [0.29, 0.717) is 0 Å². The van der Waals surface area contributed by atoms with Gasteiger partial charge >= 0.3 is 0 Å². The van der Waals surface area contributed by atoms with Crippen molar-refractivity contribution in [3.63, 3.8) is 0 Å². The molecule has 88 valence electrons. The van der Waals surface area contributed by atoms with Crippen molar-refractivity contribution in [2.45, 2.75) is 25.8 Å². The summed E-state index contributed by atoms with van der Waals surface area (Å²) in [5.74, 6) is 0. The Labute approximate surface area is 98.9 Å². The molecule has 2 rings (SSSR count).